The minimum atomic E-state index is -1.36. The van der Waals surface area contributed by atoms with Crippen LogP contribution in [0.25, 0.3) is 11.0 Å². The number of halogens is 1. The summed E-state index contributed by atoms with van der Waals surface area (Å²) in [5.74, 6) is -2.04. The zero-order valence-electron chi connectivity index (χ0n) is 13.0. The first-order chi connectivity index (χ1) is 11.8. The van der Waals surface area contributed by atoms with Crippen molar-refractivity contribution in [3.63, 3.8) is 0 Å². The third kappa shape index (κ3) is 3.46. The van der Waals surface area contributed by atoms with Crippen LogP contribution >= 0.6 is 15.9 Å². The molecule has 0 aliphatic heterocycles. The summed E-state index contributed by atoms with van der Waals surface area (Å²) in [6.07, 6.45) is 0. The van der Waals surface area contributed by atoms with E-state index in [9.17, 15) is 19.5 Å². The predicted molar refractivity (Wildman–Crippen MR) is 93.6 cm³/mol. The zero-order valence-corrected chi connectivity index (χ0v) is 14.5. The summed E-state index contributed by atoms with van der Waals surface area (Å²) in [6, 6.07) is 10.7. The van der Waals surface area contributed by atoms with Crippen molar-refractivity contribution in [1.82, 2.24) is 0 Å². The summed E-state index contributed by atoms with van der Waals surface area (Å²) in [6.45, 7) is 1.70. The van der Waals surface area contributed by atoms with Gasteiger partial charge in [-0.3, -0.25) is 4.79 Å². The van der Waals surface area contributed by atoms with Crippen LogP contribution in [0.15, 0.2) is 56.1 Å². The molecule has 0 fully saturated rings. The van der Waals surface area contributed by atoms with E-state index in [2.05, 4.69) is 21.2 Å². The number of carboxylic acid groups (broad SMARTS) is 1. The normalized spacial score (nSPS) is 10.6. The van der Waals surface area contributed by atoms with Gasteiger partial charge < -0.3 is 19.6 Å². The highest BCUT2D eigenvalue weighted by atomic mass is 79.9. The van der Waals surface area contributed by atoms with Crippen LogP contribution in [-0.4, -0.2) is 11.9 Å². The lowest BCUT2D eigenvalue weighted by atomic mass is 10.1. The van der Waals surface area contributed by atoms with E-state index in [1.54, 1.807) is 31.2 Å². The minimum Gasteiger partial charge on any atom is -0.545 e. The highest BCUT2D eigenvalue weighted by molar-refractivity contribution is 9.10. The molecule has 0 aliphatic rings. The van der Waals surface area contributed by atoms with E-state index in [1.807, 2.05) is 0 Å². The molecule has 25 heavy (non-hydrogen) atoms. The molecule has 2 aromatic carbocycles. The smallest absolute Gasteiger partial charge is 0.349 e. The van der Waals surface area contributed by atoms with E-state index in [-0.39, 0.29) is 16.8 Å². The maximum Gasteiger partial charge on any atom is 0.349 e. The first-order valence-electron chi connectivity index (χ1n) is 7.22. The second-order valence-electron chi connectivity index (χ2n) is 5.40. The van der Waals surface area contributed by atoms with Gasteiger partial charge in [0, 0.05) is 15.5 Å². The molecule has 1 N–H and O–H groups in total. The number of hydrogen-bond acceptors (Lipinski definition) is 5. The van der Waals surface area contributed by atoms with Gasteiger partial charge >= 0.3 is 5.63 Å². The summed E-state index contributed by atoms with van der Waals surface area (Å²) < 4.78 is 5.93. The van der Waals surface area contributed by atoms with Crippen LogP contribution in [0, 0.1) is 6.92 Å². The van der Waals surface area contributed by atoms with Crippen LogP contribution < -0.4 is 16.0 Å². The number of aryl methyl sites for hydroxylation is 1. The molecule has 1 amide bonds. The average Bonchev–Trinajstić information content (AvgIpc) is 2.56. The summed E-state index contributed by atoms with van der Waals surface area (Å²) in [7, 11) is 0. The topological polar surface area (TPSA) is 99.4 Å². The van der Waals surface area contributed by atoms with Crippen LogP contribution in [0.5, 0.6) is 0 Å². The molecular weight excluding hydrogens is 390 g/mol. The number of fused-ring (bicyclic) bond motifs is 1. The van der Waals surface area contributed by atoms with E-state index in [1.165, 1.54) is 18.2 Å². The van der Waals surface area contributed by atoms with Gasteiger partial charge in [-0.25, -0.2) is 4.79 Å². The van der Waals surface area contributed by atoms with E-state index < -0.39 is 17.5 Å². The van der Waals surface area contributed by atoms with E-state index in [0.29, 0.717) is 16.5 Å². The molecule has 7 heteroatoms. The van der Waals surface area contributed by atoms with Gasteiger partial charge in [-0.05, 0) is 48.4 Å². The van der Waals surface area contributed by atoms with Crippen LogP contribution in [0.2, 0.25) is 0 Å². The lowest BCUT2D eigenvalue weighted by Gasteiger charge is -2.11. The Morgan fingerprint density at radius 3 is 2.60 bits per heavy atom. The van der Waals surface area contributed by atoms with Crippen molar-refractivity contribution < 1.29 is 19.1 Å². The molecular formula is C18H11BrNO5-. The first-order valence-corrected chi connectivity index (χ1v) is 8.01. The number of anilines is 1. The molecule has 1 heterocycles. The Hall–Kier alpha value is -2.93. The number of carbonyl (C=O) groups excluding carboxylic acids is 2. The molecule has 0 unspecified atom stereocenters. The lowest BCUT2D eigenvalue weighted by Crippen LogP contribution is -2.24. The van der Waals surface area contributed by atoms with Crippen molar-refractivity contribution in [1.29, 1.82) is 0 Å². The quantitative estimate of drug-likeness (QED) is 0.680. The Balaban J connectivity index is 2.00. The van der Waals surface area contributed by atoms with Crippen molar-refractivity contribution in [2.24, 2.45) is 0 Å². The largest absolute Gasteiger partial charge is 0.545 e. The molecule has 0 saturated carbocycles. The highest BCUT2D eigenvalue weighted by Gasteiger charge is 2.15. The van der Waals surface area contributed by atoms with Crippen molar-refractivity contribution in [3.8, 4) is 0 Å². The van der Waals surface area contributed by atoms with Crippen molar-refractivity contribution in [2.75, 3.05) is 5.32 Å². The average molecular weight is 401 g/mol. The zero-order chi connectivity index (χ0) is 18.1. The lowest BCUT2D eigenvalue weighted by molar-refractivity contribution is -0.255. The third-order valence-corrected chi connectivity index (χ3v) is 4.15. The van der Waals surface area contributed by atoms with Gasteiger partial charge in [0.05, 0.1) is 5.97 Å². The second-order valence-corrected chi connectivity index (χ2v) is 6.32. The van der Waals surface area contributed by atoms with Gasteiger partial charge in [0.1, 0.15) is 11.1 Å². The van der Waals surface area contributed by atoms with E-state index in [4.69, 9.17) is 4.42 Å². The Kier molecular flexibility index (Phi) is 4.41. The van der Waals surface area contributed by atoms with Crippen LogP contribution in [0.3, 0.4) is 0 Å². The number of carboxylic acids is 1. The summed E-state index contributed by atoms with van der Waals surface area (Å²) in [5, 5.41) is 14.1. The molecule has 6 nitrogen and oxygen atoms in total. The van der Waals surface area contributed by atoms with Crippen LogP contribution in [0.1, 0.15) is 26.3 Å². The van der Waals surface area contributed by atoms with Crippen LogP contribution in [0.4, 0.5) is 5.69 Å². The Morgan fingerprint density at radius 1 is 1.12 bits per heavy atom. The molecule has 1 aromatic heterocycles. The van der Waals surface area contributed by atoms with Gasteiger partial charge in [-0.2, -0.15) is 0 Å². The summed E-state index contributed by atoms with van der Waals surface area (Å²) >= 11 is 3.32. The maximum absolute atomic E-state index is 12.5. The second kappa shape index (κ2) is 6.52. The molecule has 126 valence electrons. The minimum absolute atomic E-state index is 0.0737. The molecule has 0 saturated heterocycles. The number of amides is 1. The third-order valence-electron chi connectivity index (χ3n) is 3.66. The molecule has 0 aliphatic carbocycles. The number of aromatic carboxylic acids is 1. The summed E-state index contributed by atoms with van der Waals surface area (Å²) in [5.41, 5.74) is 0.256. The number of hydrogen-bond donors (Lipinski definition) is 1. The van der Waals surface area contributed by atoms with Crippen molar-refractivity contribution >= 4 is 44.5 Å². The SMILES string of the molecule is Cc1ccc(C(=O)[O-])cc1NC(=O)c1cc2cc(Br)ccc2oc1=O. The monoisotopic (exact) mass is 400 g/mol. The molecule has 0 bridgehead atoms. The fraction of sp³-hybridized carbons (Fsp3) is 0.0556. The Bertz CT molecular complexity index is 1070. The molecule has 0 spiro atoms. The van der Waals surface area contributed by atoms with E-state index in [0.717, 1.165) is 4.47 Å². The van der Waals surface area contributed by atoms with Crippen molar-refractivity contribution in [3.05, 3.63) is 74.0 Å². The molecule has 3 aromatic rings. The standard InChI is InChI=1S/C18H12BrNO5/c1-9-2-3-10(17(22)23)8-14(9)20-16(21)13-7-11-6-12(19)4-5-15(11)25-18(13)24/h2-8H,1H3,(H,20,21)(H,22,23)/p-1. The fourth-order valence-electron chi connectivity index (χ4n) is 2.33. The van der Waals surface area contributed by atoms with Gasteiger partial charge in [-0.15, -0.1) is 0 Å². The number of carbonyl (C=O) groups is 2. The summed E-state index contributed by atoms with van der Waals surface area (Å²) in [4.78, 5) is 35.5. The fourth-order valence-corrected chi connectivity index (χ4v) is 2.70. The van der Waals surface area contributed by atoms with Crippen LogP contribution in [-0.2, 0) is 0 Å². The predicted octanol–water partition coefficient (Wildman–Crippen LogP) is 2.48. The first kappa shape index (κ1) is 16.9. The number of benzene rings is 2. The van der Waals surface area contributed by atoms with Gasteiger partial charge in [-0.1, -0.05) is 28.1 Å². The maximum atomic E-state index is 12.5. The molecule has 3 rings (SSSR count). The van der Waals surface area contributed by atoms with Gasteiger partial charge in [0.15, 0.2) is 0 Å². The van der Waals surface area contributed by atoms with E-state index >= 15 is 0 Å². The number of nitrogens with one attached hydrogen (secondary N) is 1. The molecule has 0 atom stereocenters. The Morgan fingerprint density at radius 2 is 1.88 bits per heavy atom. The Labute approximate surface area is 150 Å². The van der Waals surface area contributed by atoms with Gasteiger partial charge in [0.25, 0.3) is 5.91 Å². The van der Waals surface area contributed by atoms with Gasteiger partial charge in [0.2, 0.25) is 0 Å². The highest BCUT2D eigenvalue weighted by Crippen LogP contribution is 2.21. The van der Waals surface area contributed by atoms with Crippen molar-refractivity contribution in [2.45, 2.75) is 6.92 Å². The number of rotatable bonds is 3. The molecule has 0 radical (unpaired) electrons.